The van der Waals surface area contributed by atoms with Gasteiger partial charge in [0.2, 0.25) is 0 Å². The first-order chi connectivity index (χ1) is 8.40. The number of aryl methyl sites for hydroxylation is 1. The third-order valence-corrected chi connectivity index (χ3v) is 6.95. The summed E-state index contributed by atoms with van der Waals surface area (Å²) in [5.41, 5.74) is 0.723. The monoisotopic (exact) mass is 410 g/mol. The lowest BCUT2D eigenvalue weighted by molar-refractivity contribution is 0.602. The Labute approximate surface area is 126 Å². The Bertz CT molecular complexity index is 683. The molecule has 0 atom stereocenters. The Balaban J connectivity index is 2.34. The van der Waals surface area contributed by atoms with E-state index >= 15 is 0 Å². The molecule has 2 aromatic heterocycles. The van der Waals surface area contributed by atoms with Crippen LogP contribution in [0.5, 0.6) is 0 Å². The predicted molar refractivity (Wildman–Crippen MR) is 79.5 cm³/mol. The number of pyridine rings is 1. The van der Waals surface area contributed by atoms with Crippen molar-refractivity contribution in [2.75, 3.05) is 4.72 Å². The summed E-state index contributed by atoms with van der Waals surface area (Å²) in [5, 5.41) is 1.71. The molecule has 0 aliphatic carbocycles. The van der Waals surface area contributed by atoms with Crippen molar-refractivity contribution in [3.63, 3.8) is 0 Å². The minimum absolute atomic E-state index is 0.241. The first-order valence-corrected chi connectivity index (χ1v) is 8.74. The van der Waals surface area contributed by atoms with Crippen molar-refractivity contribution in [3.8, 4) is 0 Å². The van der Waals surface area contributed by atoms with E-state index < -0.39 is 10.0 Å². The number of nitrogens with one attached hydrogen (secondary N) is 1. The Kier molecular flexibility index (Phi) is 4.10. The van der Waals surface area contributed by atoms with Crippen LogP contribution in [0.3, 0.4) is 0 Å². The Morgan fingerprint density at radius 3 is 2.50 bits per heavy atom. The van der Waals surface area contributed by atoms with Gasteiger partial charge in [-0.3, -0.25) is 4.72 Å². The van der Waals surface area contributed by atoms with Gasteiger partial charge < -0.3 is 0 Å². The molecular weight excluding hydrogens is 404 g/mol. The van der Waals surface area contributed by atoms with E-state index in [1.54, 1.807) is 30.5 Å². The second-order valence-corrected chi connectivity index (χ2v) is 7.93. The van der Waals surface area contributed by atoms with Crippen LogP contribution in [0.25, 0.3) is 0 Å². The highest BCUT2D eigenvalue weighted by molar-refractivity contribution is 9.10. The van der Waals surface area contributed by atoms with Gasteiger partial charge in [0.15, 0.2) is 4.21 Å². The molecule has 18 heavy (non-hydrogen) atoms. The zero-order chi connectivity index (χ0) is 13.3. The average molecular weight is 412 g/mol. The molecule has 0 fully saturated rings. The van der Waals surface area contributed by atoms with Crippen molar-refractivity contribution in [2.24, 2.45) is 0 Å². The molecule has 0 aromatic carbocycles. The lowest BCUT2D eigenvalue weighted by Gasteiger charge is -2.07. The molecule has 8 heteroatoms. The van der Waals surface area contributed by atoms with E-state index in [2.05, 4.69) is 41.6 Å². The second kappa shape index (κ2) is 5.28. The van der Waals surface area contributed by atoms with E-state index in [0.717, 1.165) is 21.5 Å². The van der Waals surface area contributed by atoms with Gasteiger partial charge in [0.25, 0.3) is 10.0 Å². The maximum absolute atomic E-state index is 12.1. The van der Waals surface area contributed by atoms with E-state index in [4.69, 9.17) is 0 Å². The van der Waals surface area contributed by atoms with Gasteiger partial charge >= 0.3 is 0 Å². The minimum atomic E-state index is -3.59. The zero-order valence-corrected chi connectivity index (χ0v) is 14.0. The van der Waals surface area contributed by atoms with Crippen LogP contribution in [0.15, 0.2) is 36.7 Å². The Hall–Kier alpha value is -0.440. The summed E-state index contributed by atoms with van der Waals surface area (Å²) >= 11 is 7.67. The summed E-state index contributed by atoms with van der Waals surface area (Å²) in [6, 6.07) is 5.05. The van der Waals surface area contributed by atoms with Crippen LogP contribution in [0.1, 0.15) is 5.69 Å². The molecule has 0 saturated carbocycles. The van der Waals surface area contributed by atoms with Crippen LogP contribution in [0, 0.1) is 6.92 Å². The van der Waals surface area contributed by atoms with Crippen molar-refractivity contribution < 1.29 is 8.42 Å². The fraction of sp³-hybridized carbons (Fsp3) is 0.100. The van der Waals surface area contributed by atoms with Crippen LogP contribution >= 0.6 is 43.2 Å². The molecule has 2 aromatic rings. The van der Waals surface area contributed by atoms with Crippen LogP contribution in [-0.4, -0.2) is 13.4 Å². The molecule has 0 amide bonds. The van der Waals surface area contributed by atoms with Crippen LogP contribution in [0.4, 0.5) is 5.82 Å². The molecule has 0 aliphatic rings. The summed E-state index contributed by atoms with van der Waals surface area (Å²) < 4.78 is 28.3. The molecule has 2 heterocycles. The first kappa shape index (κ1) is 14.0. The summed E-state index contributed by atoms with van der Waals surface area (Å²) in [6.45, 7) is 1.79. The smallest absolute Gasteiger partial charge is 0.263 e. The Morgan fingerprint density at radius 1 is 1.22 bits per heavy atom. The highest BCUT2D eigenvalue weighted by Crippen LogP contribution is 2.29. The number of thiophene rings is 1. The molecule has 0 spiro atoms. The number of nitrogens with zero attached hydrogens (tertiary/aromatic N) is 1. The number of sulfonamides is 1. The molecule has 0 radical (unpaired) electrons. The van der Waals surface area contributed by atoms with E-state index in [1.807, 2.05) is 0 Å². The van der Waals surface area contributed by atoms with Gasteiger partial charge in [-0.1, -0.05) is 0 Å². The van der Waals surface area contributed by atoms with E-state index in [0.29, 0.717) is 10.3 Å². The highest BCUT2D eigenvalue weighted by Gasteiger charge is 2.19. The maximum atomic E-state index is 12.1. The lowest BCUT2D eigenvalue weighted by Crippen LogP contribution is -2.13. The number of hydrogen-bond donors (Lipinski definition) is 1. The zero-order valence-electron chi connectivity index (χ0n) is 9.15. The number of halogens is 2. The maximum Gasteiger partial charge on any atom is 0.273 e. The molecule has 0 unspecified atom stereocenters. The van der Waals surface area contributed by atoms with E-state index in [-0.39, 0.29) is 4.21 Å². The van der Waals surface area contributed by atoms with Crippen LogP contribution in [-0.2, 0) is 10.0 Å². The summed E-state index contributed by atoms with van der Waals surface area (Å²) in [7, 11) is -3.59. The third-order valence-electron chi connectivity index (χ3n) is 2.09. The number of aromatic nitrogens is 1. The minimum Gasteiger partial charge on any atom is -0.263 e. The first-order valence-electron chi connectivity index (χ1n) is 4.79. The van der Waals surface area contributed by atoms with Crippen molar-refractivity contribution in [1.82, 2.24) is 4.98 Å². The quantitative estimate of drug-likeness (QED) is 0.835. The molecule has 1 N–H and O–H groups in total. The molecule has 0 aliphatic heterocycles. The van der Waals surface area contributed by atoms with Gasteiger partial charge in [-0.2, -0.15) is 0 Å². The van der Waals surface area contributed by atoms with E-state index in [1.165, 1.54) is 0 Å². The fourth-order valence-corrected chi connectivity index (χ4v) is 4.82. The molecule has 2 rings (SSSR count). The largest absolute Gasteiger partial charge is 0.273 e. The molecule has 0 saturated heterocycles. The van der Waals surface area contributed by atoms with Gasteiger partial charge in [-0.15, -0.1) is 11.3 Å². The van der Waals surface area contributed by atoms with E-state index in [9.17, 15) is 8.42 Å². The van der Waals surface area contributed by atoms with Crippen LogP contribution < -0.4 is 4.72 Å². The molecule has 96 valence electrons. The molecular formula is C10H8Br2N2O2S2. The van der Waals surface area contributed by atoms with Gasteiger partial charge in [0.05, 0.1) is 5.69 Å². The van der Waals surface area contributed by atoms with Gasteiger partial charge in [-0.25, -0.2) is 13.4 Å². The number of anilines is 1. The summed E-state index contributed by atoms with van der Waals surface area (Å²) in [5.74, 6) is 0.302. The van der Waals surface area contributed by atoms with Gasteiger partial charge in [0.1, 0.15) is 5.82 Å². The van der Waals surface area contributed by atoms with Gasteiger partial charge in [-0.05, 0) is 62.4 Å². The van der Waals surface area contributed by atoms with Gasteiger partial charge in [0, 0.05) is 8.95 Å². The topological polar surface area (TPSA) is 59.1 Å². The molecule has 4 nitrogen and oxygen atoms in total. The van der Waals surface area contributed by atoms with Crippen molar-refractivity contribution >= 4 is 59.0 Å². The molecule has 0 bridgehead atoms. The van der Waals surface area contributed by atoms with Crippen molar-refractivity contribution in [2.45, 2.75) is 11.1 Å². The third kappa shape index (κ3) is 2.93. The normalized spacial score (nSPS) is 11.5. The standard InChI is InChI=1S/C10H8Br2N2O2S2/c1-6-7(11)2-3-9(13-6)14-18(15,16)10-8(12)4-5-17-10/h2-5H,1H3,(H,13,14). The van der Waals surface area contributed by atoms with Crippen molar-refractivity contribution in [1.29, 1.82) is 0 Å². The van der Waals surface area contributed by atoms with Crippen molar-refractivity contribution in [3.05, 3.63) is 38.2 Å². The van der Waals surface area contributed by atoms with Crippen LogP contribution in [0.2, 0.25) is 0 Å². The number of rotatable bonds is 3. The average Bonchev–Trinajstić information content (AvgIpc) is 2.70. The predicted octanol–water partition coefficient (Wildman–Crippen LogP) is 3.78. The fourth-order valence-electron chi connectivity index (χ4n) is 1.26. The summed E-state index contributed by atoms with van der Waals surface area (Å²) in [6.07, 6.45) is 0. The Morgan fingerprint density at radius 2 is 1.94 bits per heavy atom. The highest BCUT2D eigenvalue weighted by atomic mass is 79.9. The number of hydrogen-bond acceptors (Lipinski definition) is 4. The second-order valence-electron chi connectivity index (χ2n) is 3.43. The lowest BCUT2D eigenvalue weighted by atomic mass is 10.4. The summed E-state index contributed by atoms with van der Waals surface area (Å²) in [4.78, 5) is 4.15. The SMILES string of the molecule is Cc1nc(NS(=O)(=O)c2sccc2Br)ccc1Br.